The van der Waals surface area contributed by atoms with Crippen molar-refractivity contribution < 1.29 is 14.3 Å². The number of hydrogen-bond acceptors (Lipinski definition) is 4. The predicted octanol–water partition coefficient (Wildman–Crippen LogP) is 3.51. The quantitative estimate of drug-likeness (QED) is 0.717. The maximum absolute atomic E-state index is 12.7. The Labute approximate surface area is 171 Å². The van der Waals surface area contributed by atoms with Crippen LogP contribution in [0.1, 0.15) is 66.7 Å². The number of ether oxygens (including phenoxy) is 1. The van der Waals surface area contributed by atoms with Crippen molar-refractivity contribution in [2.24, 2.45) is 17.8 Å². The largest absolute Gasteiger partial charge is 0.449 e. The summed E-state index contributed by atoms with van der Waals surface area (Å²) in [5.74, 6) is 1.24. The van der Waals surface area contributed by atoms with E-state index in [2.05, 4.69) is 31.0 Å². The van der Waals surface area contributed by atoms with Crippen LogP contribution in [0.3, 0.4) is 0 Å². The molecular weight excluding hydrogens is 354 g/mol. The summed E-state index contributed by atoms with van der Waals surface area (Å²) in [6.07, 6.45) is 4.99. The Kier molecular flexibility index (Phi) is 8.59. The van der Waals surface area contributed by atoms with Gasteiger partial charge in [-0.3, -0.25) is 9.69 Å². The maximum Gasteiger partial charge on any atom is 0.409 e. The van der Waals surface area contributed by atoms with Crippen LogP contribution in [0.15, 0.2) is 0 Å². The Morgan fingerprint density at radius 1 is 1.14 bits per heavy atom. The minimum absolute atomic E-state index is 0.00491. The van der Waals surface area contributed by atoms with Gasteiger partial charge in [0.1, 0.15) is 0 Å². The monoisotopic (exact) mass is 395 g/mol. The molecule has 2 fully saturated rings. The zero-order valence-electron chi connectivity index (χ0n) is 18.6. The number of nitrogens with one attached hydrogen (secondary N) is 1. The van der Waals surface area contributed by atoms with Gasteiger partial charge < -0.3 is 15.0 Å². The third-order valence-electron chi connectivity index (χ3n) is 6.31. The molecule has 2 heterocycles. The van der Waals surface area contributed by atoms with E-state index >= 15 is 0 Å². The first kappa shape index (κ1) is 23.0. The molecule has 0 aliphatic carbocycles. The average molecular weight is 396 g/mol. The molecule has 0 bridgehead atoms. The first-order valence-corrected chi connectivity index (χ1v) is 11.2. The van der Waals surface area contributed by atoms with Crippen LogP contribution in [-0.4, -0.2) is 66.7 Å². The van der Waals surface area contributed by atoms with Crippen LogP contribution in [0, 0.1) is 17.8 Å². The number of hydrogen-bond donors (Lipinski definition) is 1. The van der Waals surface area contributed by atoms with Gasteiger partial charge in [-0.15, -0.1) is 0 Å². The fraction of sp³-hybridized carbons (Fsp3) is 0.909. The van der Waals surface area contributed by atoms with Crippen molar-refractivity contribution in [3.05, 3.63) is 0 Å². The van der Waals surface area contributed by atoms with Crippen LogP contribution in [0.2, 0.25) is 0 Å². The van der Waals surface area contributed by atoms with Gasteiger partial charge in [-0.1, -0.05) is 27.2 Å². The number of nitrogens with zero attached hydrogens (tertiary/aromatic N) is 2. The molecule has 6 heteroatoms. The lowest BCUT2D eigenvalue weighted by Crippen LogP contribution is -2.55. The lowest BCUT2D eigenvalue weighted by molar-refractivity contribution is -0.127. The SMILES string of the molecule is CCC1CCCN(C(C)(C)CNC(=O)C2CCN(C(=O)OCC(C)C)CC2)C1. The number of carbonyl (C=O) groups is 2. The fourth-order valence-corrected chi connectivity index (χ4v) is 4.16. The van der Waals surface area contributed by atoms with E-state index in [4.69, 9.17) is 4.74 Å². The number of carbonyl (C=O) groups excluding carboxylic acids is 2. The van der Waals surface area contributed by atoms with Gasteiger partial charge in [0.15, 0.2) is 0 Å². The maximum atomic E-state index is 12.7. The molecule has 0 saturated carbocycles. The smallest absolute Gasteiger partial charge is 0.409 e. The second-order valence-corrected chi connectivity index (χ2v) is 9.62. The van der Waals surface area contributed by atoms with E-state index in [9.17, 15) is 9.59 Å². The molecular formula is C22H41N3O3. The second kappa shape index (κ2) is 10.5. The van der Waals surface area contributed by atoms with Crippen molar-refractivity contribution in [2.45, 2.75) is 72.3 Å². The van der Waals surface area contributed by atoms with Crippen LogP contribution in [0.5, 0.6) is 0 Å². The number of amides is 2. The number of piperidine rings is 2. The van der Waals surface area contributed by atoms with Crippen LogP contribution in [0.4, 0.5) is 4.79 Å². The molecule has 28 heavy (non-hydrogen) atoms. The normalized spacial score (nSPS) is 22.4. The Morgan fingerprint density at radius 2 is 1.82 bits per heavy atom. The van der Waals surface area contributed by atoms with E-state index in [0.717, 1.165) is 19.0 Å². The second-order valence-electron chi connectivity index (χ2n) is 9.62. The Morgan fingerprint density at radius 3 is 2.43 bits per heavy atom. The highest BCUT2D eigenvalue weighted by Gasteiger charge is 2.33. The van der Waals surface area contributed by atoms with Gasteiger partial charge in [-0.05, 0) is 57.9 Å². The predicted molar refractivity (Wildman–Crippen MR) is 112 cm³/mol. The van der Waals surface area contributed by atoms with Crippen molar-refractivity contribution in [1.82, 2.24) is 15.1 Å². The van der Waals surface area contributed by atoms with E-state index < -0.39 is 0 Å². The molecule has 1 atom stereocenters. The third kappa shape index (κ3) is 6.64. The van der Waals surface area contributed by atoms with Gasteiger partial charge in [-0.2, -0.15) is 0 Å². The van der Waals surface area contributed by atoms with Gasteiger partial charge in [0.25, 0.3) is 0 Å². The molecule has 0 spiro atoms. The van der Waals surface area contributed by atoms with E-state index in [1.54, 1.807) is 4.90 Å². The van der Waals surface area contributed by atoms with Gasteiger partial charge in [0, 0.05) is 37.6 Å². The first-order valence-electron chi connectivity index (χ1n) is 11.2. The van der Waals surface area contributed by atoms with Gasteiger partial charge in [0.05, 0.1) is 6.61 Å². The molecule has 1 unspecified atom stereocenters. The van der Waals surface area contributed by atoms with Crippen molar-refractivity contribution in [1.29, 1.82) is 0 Å². The van der Waals surface area contributed by atoms with Crippen molar-refractivity contribution in [3.63, 3.8) is 0 Å². The summed E-state index contributed by atoms with van der Waals surface area (Å²) in [7, 11) is 0. The number of likely N-dealkylation sites (tertiary alicyclic amines) is 2. The minimum atomic E-state index is -0.246. The van der Waals surface area contributed by atoms with Crippen LogP contribution < -0.4 is 5.32 Å². The lowest BCUT2D eigenvalue weighted by Gasteiger charge is -2.44. The Hall–Kier alpha value is -1.30. The van der Waals surface area contributed by atoms with E-state index in [0.29, 0.717) is 45.0 Å². The van der Waals surface area contributed by atoms with E-state index in [1.807, 2.05) is 13.8 Å². The van der Waals surface area contributed by atoms with Crippen molar-refractivity contribution in [3.8, 4) is 0 Å². The molecule has 2 amide bonds. The molecule has 2 aliphatic rings. The van der Waals surface area contributed by atoms with Crippen LogP contribution >= 0.6 is 0 Å². The molecule has 2 saturated heterocycles. The molecule has 2 aliphatic heterocycles. The molecule has 162 valence electrons. The Bertz CT molecular complexity index is 513. The standard InChI is InChI=1S/C22H41N3O3/c1-6-18-8-7-11-25(14-18)22(4,5)16-23-20(26)19-9-12-24(13-10-19)21(27)28-15-17(2)3/h17-19H,6-16H2,1-5H3,(H,23,26). The topological polar surface area (TPSA) is 61.9 Å². The number of rotatable bonds is 7. The third-order valence-corrected chi connectivity index (χ3v) is 6.31. The molecule has 2 rings (SSSR count). The van der Waals surface area contributed by atoms with E-state index in [-0.39, 0.29) is 23.5 Å². The summed E-state index contributed by atoms with van der Waals surface area (Å²) in [6.45, 7) is 15.4. The summed E-state index contributed by atoms with van der Waals surface area (Å²) in [4.78, 5) is 29.0. The molecule has 6 nitrogen and oxygen atoms in total. The van der Waals surface area contributed by atoms with Crippen LogP contribution in [0.25, 0.3) is 0 Å². The Balaban J connectivity index is 1.74. The summed E-state index contributed by atoms with van der Waals surface area (Å²) < 4.78 is 5.30. The molecule has 0 radical (unpaired) electrons. The highest BCUT2D eigenvalue weighted by Crippen LogP contribution is 2.26. The zero-order valence-corrected chi connectivity index (χ0v) is 18.6. The summed E-state index contributed by atoms with van der Waals surface area (Å²) in [5.41, 5.74) is -0.0230. The van der Waals surface area contributed by atoms with Crippen molar-refractivity contribution >= 4 is 12.0 Å². The summed E-state index contributed by atoms with van der Waals surface area (Å²) >= 11 is 0. The van der Waals surface area contributed by atoms with Gasteiger partial charge >= 0.3 is 6.09 Å². The highest BCUT2D eigenvalue weighted by atomic mass is 16.6. The van der Waals surface area contributed by atoms with Crippen molar-refractivity contribution in [2.75, 3.05) is 39.3 Å². The highest BCUT2D eigenvalue weighted by molar-refractivity contribution is 5.79. The summed E-state index contributed by atoms with van der Waals surface area (Å²) in [6, 6.07) is 0. The molecule has 1 N–H and O–H groups in total. The lowest BCUT2D eigenvalue weighted by atomic mass is 9.90. The first-order chi connectivity index (χ1) is 13.2. The fourth-order valence-electron chi connectivity index (χ4n) is 4.16. The summed E-state index contributed by atoms with van der Waals surface area (Å²) in [5, 5.41) is 3.19. The van der Waals surface area contributed by atoms with Gasteiger partial charge in [-0.25, -0.2) is 4.79 Å². The molecule has 0 aromatic heterocycles. The minimum Gasteiger partial charge on any atom is -0.449 e. The average Bonchev–Trinajstić information content (AvgIpc) is 2.70. The van der Waals surface area contributed by atoms with Crippen LogP contribution in [-0.2, 0) is 9.53 Å². The van der Waals surface area contributed by atoms with E-state index in [1.165, 1.54) is 19.3 Å². The molecule has 0 aromatic carbocycles. The molecule has 0 aromatic rings. The van der Waals surface area contributed by atoms with Gasteiger partial charge in [0.2, 0.25) is 5.91 Å². The zero-order chi connectivity index (χ0) is 20.7.